The molecule has 268 valence electrons. The molecular formula is C44H70N2O2. The highest BCUT2D eigenvalue weighted by atomic mass is 16.5. The second-order valence-corrected chi connectivity index (χ2v) is 19.7. The van der Waals surface area contributed by atoms with Gasteiger partial charge in [0.05, 0.1) is 0 Å². The molecule has 1 heterocycles. The molecule has 1 saturated heterocycles. The van der Waals surface area contributed by atoms with Crippen molar-refractivity contribution in [3.63, 3.8) is 0 Å². The molecule has 0 aromatic heterocycles. The van der Waals surface area contributed by atoms with Gasteiger partial charge >= 0.3 is 0 Å². The summed E-state index contributed by atoms with van der Waals surface area (Å²) in [6.45, 7) is 28.5. The van der Waals surface area contributed by atoms with Gasteiger partial charge in [-0.15, -0.1) is 0 Å². The Morgan fingerprint density at radius 2 is 1.71 bits per heavy atom. The third kappa shape index (κ3) is 5.38. The zero-order valence-corrected chi connectivity index (χ0v) is 32.0. The molecule has 6 aliphatic carbocycles. The van der Waals surface area contributed by atoms with Gasteiger partial charge in [0.15, 0.2) is 0 Å². The van der Waals surface area contributed by atoms with Crippen molar-refractivity contribution in [1.82, 2.24) is 10.2 Å². The van der Waals surface area contributed by atoms with Crippen molar-refractivity contribution in [3.05, 3.63) is 35.5 Å². The van der Waals surface area contributed by atoms with E-state index in [9.17, 15) is 4.79 Å². The lowest BCUT2D eigenvalue weighted by Gasteiger charge is -2.72. The van der Waals surface area contributed by atoms with Crippen molar-refractivity contribution in [1.29, 1.82) is 0 Å². The van der Waals surface area contributed by atoms with E-state index in [2.05, 4.69) is 77.4 Å². The van der Waals surface area contributed by atoms with Crippen molar-refractivity contribution >= 4 is 6.47 Å². The number of hydrogen-bond donors (Lipinski definition) is 1. The van der Waals surface area contributed by atoms with E-state index in [1.54, 1.807) is 5.57 Å². The SMILES string of the molecule is C=C(C)[C@@H]1CC[C@]2(NCCN3CCC(C)CC3)CC[C@]3(C)[C@H](CC[C@@H]4[C@@]5(C)CC=C(C6=CC[C@@H](OC=O)CC6)C(C)(C)[C@@H]5CC[C@]43C)[C@@H]12. The first-order chi connectivity index (χ1) is 22.8. The molecule has 4 heteroatoms. The average Bonchev–Trinajstić information content (AvgIpc) is 3.43. The van der Waals surface area contributed by atoms with Gasteiger partial charge in [0.25, 0.3) is 6.47 Å². The Bertz CT molecular complexity index is 1310. The summed E-state index contributed by atoms with van der Waals surface area (Å²) >= 11 is 0. The van der Waals surface area contributed by atoms with E-state index >= 15 is 0 Å². The van der Waals surface area contributed by atoms with Crippen LogP contribution in [0.2, 0.25) is 0 Å². The number of rotatable bonds is 8. The van der Waals surface area contributed by atoms with Gasteiger partial charge in [0.1, 0.15) is 6.10 Å². The standard InChI is InChI=1S/C44H70N2O2/c1-30(2)34-15-22-44(45-25-28-46-26-18-31(3)19-27-46)24-23-42(7)36(39(34)44)13-14-38-41(6)20-16-35(32-9-11-33(12-10-32)48-29-47)40(4,5)37(41)17-21-43(38,42)8/h9,16,29,31,33-34,36-39,45H,1,10-15,17-28H2,2-8H3/t33-,34+,36-,37+,38-,39-,41+,42-,43-,44+/m1/s1. The summed E-state index contributed by atoms with van der Waals surface area (Å²) < 4.78 is 5.34. The molecule has 0 amide bonds. The topological polar surface area (TPSA) is 41.6 Å². The minimum absolute atomic E-state index is 0.0579. The van der Waals surface area contributed by atoms with Crippen LogP contribution in [0.25, 0.3) is 0 Å². The van der Waals surface area contributed by atoms with Crippen LogP contribution in [0.4, 0.5) is 0 Å². The summed E-state index contributed by atoms with van der Waals surface area (Å²) in [6.07, 6.45) is 22.9. The molecule has 1 aliphatic heterocycles. The molecule has 0 aromatic carbocycles. The van der Waals surface area contributed by atoms with Crippen LogP contribution in [-0.2, 0) is 9.53 Å². The Morgan fingerprint density at radius 1 is 0.938 bits per heavy atom. The van der Waals surface area contributed by atoms with Crippen LogP contribution >= 0.6 is 0 Å². The lowest BCUT2D eigenvalue weighted by atomic mass is 9.33. The van der Waals surface area contributed by atoms with Crippen molar-refractivity contribution in [2.45, 2.75) is 150 Å². The van der Waals surface area contributed by atoms with E-state index < -0.39 is 0 Å². The third-order valence-electron chi connectivity index (χ3n) is 17.4. The number of ether oxygens (including phenoxy) is 1. The molecule has 0 bridgehead atoms. The summed E-state index contributed by atoms with van der Waals surface area (Å²) in [6, 6.07) is 0. The molecule has 0 unspecified atom stereocenters. The number of allylic oxidation sites excluding steroid dienone is 4. The molecule has 7 rings (SSSR count). The fourth-order valence-corrected chi connectivity index (χ4v) is 14.6. The lowest BCUT2D eigenvalue weighted by molar-refractivity contribution is -0.221. The summed E-state index contributed by atoms with van der Waals surface area (Å²) in [4.78, 5) is 13.7. The van der Waals surface area contributed by atoms with Crippen LogP contribution in [0.5, 0.6) is 0 Å². The molecule has 5 fully saturated rings. The molecule has 4 saturated carbocycles. The highest BCUT2D eigenvalue weighted by molar-refractivity contribution is 5.42. The Balaban J connectivity index is 1.13. The van der Waals surface area contributed by atoms with Gasteiger partial charge in [-0.3, -0.25) is 4.79 Å². The van der Waals surface area contributed by atoms with Crippen LogP contribution in [-0.4, -0.2) is 49.2 Å². The maximum atomic E-state index is 11.0. The molecule has 7 aliphatic rings. The fraction of sp³-hybridized carbons (Fsp3) is 0.841. The van der Waals surface area contributed by atoms with Crippen molar-refractivity contribution in [2.24, 2.45) is 57.2 Å². The van der Waals surface area contributed by atoms with E-state index in [-0.39, 0.29) is 11.5 Å². The van der Waals surface area contributed by atoms with E-state index in [1.165, 1.54) is 101 Å². The molecule has 1 N–H and O–H groups in total. The smallest absolute Gasteiger partial charge is 0.293 e. The molecule has 4 nitrogen and oxygen atoms in total. The van der Waals surface area contributed by atoms with Crippen LogP contribution in [0.3, 0.4) is 0 Å². The minimum Gasteiger partial charge on any atom is -0.464 e. The lowest BCUT2D eigenvalue weighted by Crippen LogP contribution is -2.68. The minimum atomic E-state index is 0.0579. The normalized spacial score (nSPS) is 45.9. The Labute approximate surface area is 294 Å². The second kappa shape index (κ2) is 12.7. The van der Waals surface area contributed by atoms with Gasteiger partial charge in [0.2, 0.25) is 0 Å². The van der Waals surface area contributed by atoms with Gasteiger partial charge in [0, 0.05) is 25.0 Å². The highest BCUT2D eigenvalue weighted by Crippen LogP contribution is 2.76. The quantitative estimate of drug-likeness (QED) is 0.208. The van der Waals surface area contributed by atoms with Crippen molar-refractivity contribution in [2.75, 3.05) is 26.2 Å². The number of hydrogen-bond acceptors (Lipinski definition) is 4. The first kappa shape index (κ1) is 35.0. The molecule has 0 spiro atoms. The maximum Gasteiger partial charge on any atom is 0.293 e. The van der Waals surface area contributed by atoms with E-state index in [0.29, 0.717) is 40.1 Å². The summed E-state index contributed by atoms with van der Waals surface area (Å²) in [5.41, 5.74) is 6.18. The van der Waals surface area contributed by atoms with E-state index in [4.69, 9.17) is 4.74 Å². The van der Waals surface area contributed by atoms with Gasteiger partial charge < -0.3 is 15.0 Å². The Kier molecular flexibility index (Phi) is 9.25. The molecule has 0 aromatic rings. The number of carbonyl (C=O) groups excluding carboxylic acids is 1. The summed E-state index contributed by atoms with van der Waals surface area (Å²) in [7, 11) is 0. The van der Waals surface area contributed by atoms with Crippen molar-refractivity contribution in [3.8, 4) is 0 Å². The number of piperidine rings is 1. The maximum absolute atomic E-state index is 11.0. The van der Waals surface area contributed by atoms with Crippen LogP contribution < -0.4 is 5.32 Å². The monoisotopic (exact) mass is 659 g/mol. The van der Waals surface area contributed by atoms with Crippen LogP contribution in [0.15, 0.2) is 35.5 Å². The van der Waals surface area contributed by atoms with Gasteiger partial charge in [-0.05, 0) is 172 Å². The van der Waals surface area contributed by atoms with Gasteiger partial charge in [-0.1, -0.05) is 65.8 Å². The largest absolute Gasteiger partial charge is 0.464 e. The van der Waals surface area contributed by atoms with Crippen LogP contribution in [0, 0.1) is 57.2 Å². The van der Waals surface area contributed by atoms with Gasteiger partial charge in [-0.2, -0.15) is 0 Å². The molecule has 48 heavy (non-hydrogen) atoms. The van der Waals surface area contributed by atoms with Gasteiger partial charge in [-0.25, -0.2) is 0 Å². The predicted molar refractivity (Wildman–Crippen MR) is 198 cm³/mol. The molecule has 0 radical (unpaired) electrons. The Morgan fingerprint density at radius 3 is 2.40 bits per heavy atom. The number of fused-ring (bicyclic) bond motifs is 7. The number of carbonyl (C=O) groups is 1. The zero-order chi connectivity index (χ0) is 34.1. The summed E-state index contributed by atoms with van der Waals surface area (Å²) in [5, 5.41) is 4.36. The number of nitrogens with zero attached hydrogens (tertiary/aromatic N) is 1. The predicted octanol–water partition coefficient (Wildman–Crippen LogP) is 9.91. The highest BCUT2D eigenvalue weighted by Gasteiger charge is 2.70. The Hall–Kier alpha value is -1.39. The first-order valence-corrected chi connectivity index (χ1v) is 20.4. The van der Waals surface area contributed by atoms with Crippen molar-refractivity contribution < 1.29 is 9.53 Å². The van der Waals surface area contributed by atoms with E-state index in [1.807, 2.05) is 0 Å². The molecule has 10 atom stereocenters. The third-order valence-corrected chi connectivity index (χ3v) is 17.4. The zero-order valence-electron chi connectivity index (χ0n) is 32.0. The first-order valence-electron chi connectivity index (χ1n) is 20.4. The second-order valence-electron chi connectivity index (χ2n) is 19.7. The number of likely N-dealkylation sites (tertiary alicyclic amines) is 1. The van der Waals surface area contributed by atoms with Crippen LogP contribution in [0.1, 0.15) is 138 Å². The number of nitrogens with one attached hydrogen (secondary N) is 1. The summed E-state index contributed by atoms with van der Waals surface area (Å²) in [5.74, 6) is 4.59. The average molecular weight is 659 g/mol. The van der Waals surface area contributed by atoms with E-state index in [0.717, 1.165) is 49.5 Å². The molecular weight excluding hydrogens is 588 g/mol. The fourth-order valence-electron chi connectivity index (χ4n) is 14.6.